The molecule has 2 aromatic carbocycles. The van der Waals surface area contributed by atoms with E-state index in [0.29, 0.717) is 38.7 Å². The lowest BCUT2D eigenvalue weighted by Crippen LogP contribution is -2.40. The van der Waals surface area contributed by atoms with Gasteiger partial charge in [-0.15, -0.1) is 0 Å². The van der Waals surface area contributed by atoms with Crippen LogP contribution in [-0.4, -0.2) is 23.2 Å². The lowest BCUT2D eigenvalue weighted by atomic mass is 9.96. The molecule has 0 N–H and O–H groups in total. The molecule has 0 saturated carbocycles. The standard InChI is InChI=1S/C31H30N2O5S2/c1-6-36-22-11-9-21(10-12-22)28-27(30(35)37-18(2)3)20(5)32-31-33(28)29(34)25(40-31)17-23-13-16-26(38-23)39-24-14-7-19(4)8-15-24/h7-18,28H,6H2,1-5H3/b25-17+/t28-/m1/s1. The van der Waals surface area contributed by atoms with Crippen molar-refractivity contribution >= 4 is 35.1 Å². The minimum absolute atomic E-state index is 0.255. The smallest absolute Gasteiger partial charge is 0.338 e. The molecule has 40 heavy (non-hydrogen) atoms. The van der Waals surface area contributed by atoms with Crippen LogP contribution in [-0.2, 0) is 9.53 Å². The molecule has 0 saturated heterocycles. The molecule has 1 atom stereocenters. The Morgan fingerprint density at radius 1 is 1.10 bits per heavy atom. The average Bonchev–Trinajstić information content (AvgIpc) is 3.48. The van der Waals surface area contributed by atoms with Crippen LogP contribution in [0.5, 0.6) is 5.75 Å². The van der Waals surface area contributed by atoms with Gasteiger partial charge in [0.05, 0.1) is 34.6 Å². The number of hydrogen-bond donors (Lipinski definition) is 0. The number of rotatable bonds is 8. The van der Waals surface area contributed by atoms with Crippen LogP contribution in [0.4, 0.5) is 0 Å². The van der Waals surface area contributed by atoms with Gasteiger partial charge in [0, 0.05) is 11.0 Å². The topological polar surface area (TPSA) is 83.0 Å². The molecule has 0 fully saturated rings. The van der Waals surface area contributed by atoms with Crippen LogP contribution in [0, 0.1) is 6.92 Å². The maximum absolute atomic E-state index is 13.8. The molecule has 0 unspecified atom stereocenters. The molecule has 9 heteroatoms. The normalized spacial score (nSPS) is 15.2. The van der Waals surface area contributed by atoms with Gasteiger partial charge in [0.25, 0.3) is 5.56 Å². The molecule has 5 rings (SSSR count). The second-order valence-corrected chi connectivity index (χ2v) is 11.7. The highest BCUT2D eigenvalue weighted by Gasteiger charge is 2.33. The summed E-state index contributed by atoms with van der Waals surface area (Å²) in [6.45, 7) is 9.87. The number of esters is 1. The van der Waals surface area contributed by atoms with Crippen molar-refractivity contribution in [3.8, 4) is 5.75 Å². The molecular weight excluding hydrogens is 544 g/mol. The molecule has 0 spiro atoms. The first-order chi connectivity index (χ1) is 19.2. The van der Waals surface area contributed by atoms with Gasteiger partial charge in [-0.25, -0.2) is 9.79 Å². The van der Waals surface area contributed by atoms with Crippen molar-refractivity contribution in [2.45, 2.75) is 56.8 Å². The van der Waals surface area contributed by atoms with Crippen molar-refractivity contribution in [1.82, 2.24) is 4.57 Å². The zero-order valence-corrected chi connectivity index (χ0v) is 24.6. The van der Waals surface area contributed by atoms with Gasteiger partial charge in [-0.05, 0) is 76.6 Å². The molecule has 7 nitrogen and oxygen atoms in total. The van der Waals surface area contributed by atoms with Crippen LogP contribution in [0.15, 0.2) is 96.1 Å². The van der Waals surface area contributed by atoms with E-state index in [-0.39, 0.29) is 11.7 Å². The first kappa shape index (κ1) is 27.7. The van der Waals surface area contributed by atoms with E-state index < -0.39 is 12.0 Å². The highest BCUT2D eigenvalue weighted by atomic mass is 32.2. The van der Waals surface area contributed by atoms with Crippen molar-refractivity contribution in [3.63, 3.8) is 0 Å². The van der Waals surface area contributed by atoms with E-state index in [9.17, 15) is 9.59 Å². The lowest BCUT2D eigenvalue weighted by molar-refractivity contribution is -0.143. The number of carbonyl (C=O) groups is 1. The molecule has 0 aliphatic carbocycles. The number of aryl methyl sites for hydroxylation is 1. The predicted molar refractivity (Wildman–Crippen MR) is 157 cm³/mol. The summed E-state index contributed by atoms with van der Waals surface area (Å²) < 4.78 is 19.2. The number of thiazole rings is 1. The summed E-state index contributed by atoms with van der Waals surface area (Å²) in [5, 5.41) is 0.727. The van der Waals surface area contributed by atoms with Crippen LogP contribution >= 0.6 is 23.1 Å². The van der Waals surface area contributed by atoms with E-state index in [1.54, 1.807) is 31.4 Å². The summed E-state index contributed by atoms with van der Waals surface area (Å²) in [5.41, 5.74) is 2.56. The van der Waals surface area contributed by atoms with Crippen LogP contribution in [0.2, 0.25) is 0 Å². The second kappa shape index (κ2) is 11.7. The first-order valence-corrected chi connectivity index (χ1v) is 14.7. The first-order valence-electron chi connectivity index (χ1n) is 13.0. The second-order valence-electron chi connectivity index (χ2n) is 9.61. The third-order valence-corrected chi connectivity index (χ3v) is 8.12. The van der Waals surface area contributed by atoms with Gasteiger partial charge in [-0.2, -0.15) is 0 Å². The predicted octanol–water partition coefficient (Wildman–Crippen LogP) is 5.64. The molecule has 0 bridgehead atoms. The third-order valence-electron chi connectivity index (χ3n) is 6.21. The van der Waals surface area contributed by atoms with E-state index >= 15 is 0 Å². The van der Waals surface area contributed by atoms with Gasteiger partial charge in [0.15, 0.2) is 9.89 Å². The Bertz CT molecular complexity index is 1740. The minimum atomic E-state index is -0.690. The number of carbonyl (C=O) groups excluding carboxylic acids is 1. The Labute approximate surface area is 240 Å². The molecule has 4 aromatic rings. The van der Waals surface area contributed by atoms with Crippen LogP contribution in [0.25, 0.3) is 6.08 Å². The van der Waals surface area contributed by atoms with Crippen molar-refractivity contribution in [2.24, 2.45) is 4.99 Å². The molecule has 0 amide bonds. The number of aromatic nitrogens is 1. The van der Waals surface area contributed by atoms with Gasteiger partial charge in [-0.3, -0.25) is 9.36 Å². The van der Waals surface area contributed by atoms with Gasteiger partial charge in [0.1, 0.15) is 11.5 Å². The summed E-state index contributed by atoms with van der Waals surface area (Å²) in [6.07, 6.45) is 1.41. The Balaban J connectivity index is 1.56. The zero-order valence-electron chi connectivity index (χ0n) is 23.0. The fourth-order valence-electron chi connectivity index (χ4n) is 4.41. The molecule has 3 heterocycles. The Morgan fingerprint density at radius 3 is 2.50 bits per heavy atom. The molecule has 206 valence electrons. The Morgan fingerprint density at radius 2 is 1.82 bits per heavy atom. The van der Waals surface area contributed by atoms with Crippen molar-refractivity contribution in [1.29, 1.82) is 0 Å². The molecule has 1 aliphatic heterocycles. The third kappa shape index (κ3) is 5.85. The van der Waals surface area contributed by atoms with Gasteiger partial charge < -0.3 is 13.9 Å². The van der Waals surface area contributed by atoms with E-state index in [1.165, 1.54) is 28.7 Å². The minimum Gasteiger partial charge on any atom is -0.494 e. The summed E-state index contributed by atoms with van der Waals surface area (Å²) in [7, 11) is 0. The van der Waals surface area contributed by atoms with Crippen molar-refractivity contribution in [3.05, 3.63) is 109 Å². The Kier molecular flexibility index (Phi) is 8.14. The van der Waals surface area contributed by atoms with Crippen molar-refractivity contribution < 1.29 is 18.7 Å². The fraction of sp³-hybridized carbons (Fsp3) is 0.258. The van der Waals surface area contributed by atoms with E-state index in [4.69, 9.17) is 13.9 Å². The molecule has 1 aliphatic rings. The van der Waals surface area contributed by atoms with E-state index in [0.717, 1.165) is 15.6 Å². The van der Waals surface area contributed by atoms with Crippen LogP contribution in [0.3, 0.4) is 0 Å². The zero-order chi connectivity index (χ0) is 28.4. The highest BCUT2D eigenvalue weighted by Crippen LogP contribution is 2.32. The van der Waals surface area contributed by atoms with E-state index in [2.05, 4.69) is 17.1 Å². The average molecular weight is 575 g/mol. The summed E-state index contributed by atoms with van der Waals surface area (Å²) >= 11 is 2.78. The maximum atomic E-state index is 13.8. The van der Waals surface area contributed by atoms with Crippen LogP contribution in [0.1, 0.15) is 50.6 Å². The highest BCUT2D eigenvalue weighted by molar-refractivity contribution is 7.99. The number of benzene rings is 2. The quantitative estimate of drug-likeness (QED) is 0.254. The Hall–Kier alpha value is -3.82. The monoisotopic (exact) mass is 574 g/mol. The summed E-state index contributed by atoms with van der Waals surface area (Å²) in [4.78, 5) is 33.3. The summed E-state index contributed by atoms with van der Waals surface area (Å²) in [6, 6.07) is 18.7. The largest absolute Gasteiger partial charge is 0.494 e. The fourth-order valence-corrected chi connectivity index (χ4v) is 6.21. The molecular formula is C31H30N2O5S2. The maximum Gasteiger partial charge on any atom is 0.338 e. The van der Waals surface area contributed by atoms with Crippen molar-refractivity contribution in [2.75, 3.05) is 6.61 Å². The van der Waals surface area contributed by atoms with Gasteiger partial charge in [-0.1, -0.05) is 52.9 Å². The molecule has 0 radical (unpaired) electrons. The summed E-state index contributed by atoms with van der Waals surface area (Å²) in [5.74, 6) is 0.781. The van der Waals surface area contributed by atoms with E-state index in [1.807, 2.05) is 62.4 Å². The van der Waals surface area contributed by atoms with Gasteiger partial charge in [0.2, 0.25) is 0 Å². The number of fused-ring (bicyclic) bond motifs is 1. The SMILES string of the molecule is CCOc1ccc([C@@H]2C(C(=O)OC(C)C)=C(C)N=c3s/c(=C/c4ccc(Sc5ccc(C)cc5)o4)c(=O)n32)cc1. The number of hydrogen-bond acceptors (Lipinski definition) is 8. The molecule has 2 aromatic heterocycles. The number of allylic oxidation sites excluding steroid dienone is 1. The van der Waals surface area contributed by atoms with Gasteiger partial charge >= 0.3 is 5.97 Å². The number of furan rings is 1. The van der Waals surface area contributed by atoms with Crippen LogP contribution < -0.4 is 19.6 Å². The lowest BCUT2D eigenvalue weighted by Gasteiger charge is -2.25. The number of ether oxygens (including phenoxy) is 2. The number of nitrogens with zero attached hydrogens (tertiary/aromatic N) is 2.